The highest BCUT2D eigenvalue weighted by atomic mass is 16.3. The molecule has 5 heteroatoms. The Balaban J connectivity index is 1.69. The van der Waals surface area contributed by atoms with Crippen molar-refractivity contribution >= 4 is 5.91 Å². The van der Waals surface area contributed by atoms with E-state index < -0.39 is 0 Å². The van der Waals surface area contributed by atoms with Crippen molar-refractivity contribution in [2.45, 2.75) is 46.1 Å². The molecule has 0 spiro atoms. The summed E-state index contributed by atoms with van der Waals surface area (Å²) in [6.45, 7) is 8.11. The molecule has 3 rings (SSSR count). The third-order valence-electron chi connectivity index (χ3n) is 4.62. The Labute approximate surface area is 137 Å². The van der Waals surface area contributed by atoms with E-state index in [2.05, 4.69) is 30.3 Å². The lowest BCUT2D eigenvalue weighted by Crippen LogP contribution is -2.40. The van der Waals surface area contributed by atoms with Crippen molar-refractivity contribution in [3.63, 3.8) is 0 Å². The zero-order chi connectivity index (χ0) is 16.4. The van der Waals surface area contributed by atoms with Gasteiger partial charge >= 0.3 is 0 Å². The normalized spacial score (nSPS) is 18.6. The number of aromatic nitrogens is 2. The molecule has 2 aromatic rings. The number of imidazole rings is 1. The van der Waals surface area contributed by atoms with Gasteiger partial charge in [0.25, 0.3) is 5.91 Å². The SMILES string of the molecule is Cc1cnc(CC2CCCN(C(=O)c3ccoc3)C2)n1C(C)C. The number of hydrogen-bond donors (Lipinski definition) is 0. The second-order valence-electron chi connectivity index (χ2n) is 6.76. The maximum Gasteiger partial charge on any atom is 0.257 e. The van der Waals surface area contributed by atoms with Gasteiger partial charge in [0.2, 0.25) is 0 Å². The van der Waals surface area contributed by atoms with E-state index in [1.54, 1.807) is 12.3 Å². The van der Waals surface area contributed by atoms with Gasteiger partial charge in [-0.2, -0.15) is 0 Å². The van der Waals surface area contributed by atoms with Gasteiger partial charge in [-0.25, -0.2) is 4.98 Å². The van der Waals surface area contributed by atoms with Crippen LogP contribution in [-0.4, -0.2) is 33.4 Å². The molecule has 1 atom stereocenters. The fourth-order valence-corrected chi connectivity index (χ4v) is 3.60. The number of rotatable bonds is 4. The van der Waals surface area contributed by atoms with Crippen LogP contribution >= 0.6 is 0 Å². The predicted molar refractivity (Wildman–Crippen MR) is 88.4 cm³/mol. The summed E-state index contributed by atoms with van der Waals surface area (Å²) in [5.41, 5.74) is 1.85. The van der Waals surface area contributed by atoms with E-state index in [0.717, 1.165) is 38.2 Å². The molecule has 23 heavy (non-hydrogen) atoms. The van der Waals surface area contributed by atoms with Crippen LogP contribution in [-0.2, 0) is 6.42 Å². The van der Waals surface area contributed by atoms with Gasteiger partial charge < -0.3 is 13.9 Å². The Hall–Kier alpha value is -2.04. The molecular weight excluding hydrogens is 290 g/mol. The van der Waals surface area contributed by atoms with Crippen molar-refractivity contribution in [1.82, 2.24) is 14.5 Å². The molecule has 0 bridgehead atoms. The van der Waals surface area contributed by atoms with Gasteiger partial charge in [0.1, 0.15) is 12.1 Å². The molecule has 1 aliphatic rings. The summed E-state index contributed by atoms with van der Waals surface area (Å²) in [6, 6.07) is 2.15. The average molecular weight is 315 g/mol. The van der Waals surface area contributed by atoms with Crippen LogP contribution in [0.15, 0.2) is 29.2 Å². The lowest BCUT2D eigenvalue weighted by atomic mass is 9.94. The highest BCUT2D eigenvalue weighted by molar-refractivity contribution is 5.93. The number of likely N-dealkylation sites (tertiary alicyclic amines) is 1. The van der Waals surface area contributed by atoms with Crippen molar-refractivity contribution in [2.24, 2.45) is 5.92 Å². The first-order valence-corrected chi connectivity index (χ1v) is 8.40. The van der Waals surface area contributed by atoms with Crippen molar-refractivity contribution < 1.29 is 9.21 Å². The molecule has 1 aliphatic heterocycles. The van der Waals surface area contributed by atoms with Crippen LogP contribution in [0.3, 0.4) is 0 Å². The Bertz CT molecular complexity index is 658. The van der Waals surface area contributed by atoms with E-state index in [0.29, 0.717) is 17.5 Å². The van der Waals surface area contributed by atoms with Crippen molar-refractivity contribution in [2.75, 3.05) is 13.1 Å². The van der Waals surface area contributed by atoms with Crippen LogP contribution in [0.1, 0.15) is 54.6 Å². The maximum absolute atomic E-state index is 12.5. The van der Waals surface area contributed by atoms with E-state index in [1.807, 2.05) is 11.1 Å². The zero-order valence-electron chi connectivity index (χ0n) is 14.2. The summed E-state index contributed by atoms with van der Waals surface area (Å²) in [6.07, 6.45) is 8.17. The summed E-state index contributed by atoms with van der Waals surface area (Å²) in [5.74, 6) is 1.69. The quantitative estimate of drug-likeness (QED) is 0.868. The second-order valence-corrected chi connectivity index (χ2v) is 6.76. The molecule has 0 N–H and O–H groups in total. The summed E-state index contributed by atoms with van der Waals surface area (Å²) < 4.78 is 7.34. The largest absolute Gasteiger partial charge is 0.472 e. The molecule has 5 nitrogen and oxygen atoms in total. The fourth-order valence-electron chi connectivity index (χ4n) is 3.60. The predicted octanol–water partition coefficient (Wildman–Crippen LogP) is 3.46. The Kier molecular flexibility index (Phi) is 4.55. The summed E-state index contributed by atoms with van der Waals surface area (Å²) in [5, 5.41) is 0. The number of aryl methyl sites for hydroxylation is 1. The number of furan rings is 1. The van der Waals surface area contributed by atoms with Crippen LogP contribution in [0.25, 0.3) is 0 Å². The number of carbonyl (C=O) groups is 1. The van der Waals surface area contributed by atoms with E-state index in [-0.39, 0.29) is 5.91 Å². The highest BCUT2D eigenvalue weighted by Gasteiger charge is 2.26. The zero-order valence-corrected chi connectivity index (χ0v) is 14.2. The van der Waals surface area contributed by atoms with Crippen molar-refractivity contribution in [3.8, 4) is 0 Å². The molecule has 1 fully saturated rings. The van der Waals surface area contributed by atoms with Crippen molar-refractivity contribution in [3.05, 3.63) is 41.9 Å². The van der Waals surface area contributed by atoms with Crippen LogP contribution in [0, 0.1) is 12.8 Å². The molecule has 124 valence electrons. The smallest absolute Gasteiger partial charge is 0.257 e. The highest BCUT2D eigenvalue weighted by Crippen LogP contribution is 2.24. The summed E-state index contributed by atoms with van der Waals surface area (Å²) in [4.78, 5) is 19.0. The lowest BCUT2D eigenvalue weighted by molar-refractivity contribution is 0.0670. The van der Waals surface area contributed by atoms with E-state index in [4.69, 9.17) is 4.42 Å². The van der Waals surface area contributed by atoms with Gasteiger partial charge in [-0.1, -0.05) is 0 Å². The van der Waals surface area contributed by atoms with E-state index in [9.17, 15) is 4.79 Å². The van der Waals surface area contributed by atoms with Gasteiger partial charge in [0.05, 0.1) is 11.8 Å². The minimum atomic E-state index is 0.0758. The van der Waals surface area contributed by atoms with Gasteiger partial charge in [-0.3, -0.25) is 4.79 Å². The third-order valence-corrected chi connectivity index (χ3v) is 4.62. The van der Waals surface area contributed by atoms with Crippen LogP contribution in [0.2, 0.25) is 0 Å². The first-order valence-electron chi connectivity index (χ1n) is 8.40. The molecule has 1 saturated heterocycles. The number of hydrogen-bond acceptors (Lipinski definition) is 3. The Morgan fingerprint density at radius 1 is 1.48 bits per heavy atom. The first kappa shape index (κ1) is 15.8. The lowest BCUT2D eigenvalue weighted by Gasteiger charge is -2.32. The monoisotopic (exact) mass is 315 g/mol. The molecule has 1 amide bonds. The molecule has 0 aromatic carbocycles. The first-order chi connectivity index (χ1) is 11.1. The summed E-state index contributed by atoms with van der Waals surface area (Å²) >= 11 is 0. The van der Waals surface area contributed by atoms with Crippen LogP contribution in [0.4, 0.5) is 0 Å². The van der Waals surface area contributed by atoms with Crippen LogP contribution in [0.5, 0.6) is 0 Å². The second kappa shape index (κ2) is 6.60. The number of piperidine rings is 1. The average Bonchev–Trinajstić information content (AvgIpc) is 3.17. The third kappa shape index (κ3) is 3.33. The van der Waals surface area contributed by atoms with E-state index in [1.165, 1.54) is 12.0 Å². The van der Waals surface area contributed by atoms with E-state index >= 15 is 0 Å². The molecule has 1 unspecified atom stereocenters. The number of nitrogens with zero attached hydrogens (tertiary/aromatic N) is 3. The summed E-state index contributed by atoms with van der Waals surface area (Å²) in [7, 11) is 0. The number of amides is 1. The van der Waals surface area contributed by atoms with Gasteiger partial charge in [0.15, 0.2) is 0 Å². The molecule has 0 aliphatic carbocycles. The maximum atomic E-state index is 12.5. The molecule has 0 radical (unpaired) electrons. The topological polar surface area (TPSA) is 51.3 Å². The van der Waals surface area contributed by atoms with Crippen molar-refractivity contribution in [1.29, 1.82) is 0 Å². The Morgan fingerprint density at radius 2 is 2.30 bits per heavy atom. The number of carbonyl (C=O) groups excluding carboxylic acids is 1. The van der Waals surface area contributed by atoms with Crippen LogP contribution < -0.4 is 0 Å². The minimum Gasteiger partial charge on any atom is -0.472 e. The molecule has 0 saturated carbocycles. The fraction of sp³-hybridized carbons (Fsp3) is 0.556. The van der Waals surface area contributed by atoms with Gasteiger partial charge in [-0.15, -0.1) is 0 Å². The molecular formula is C18H25N3O2. The standard InChI is InChI=1S/C18H25N3O2/c1-13(2)21-14(3)10-19-17(21)9-15-5-4-7-20(11-15)18(22)16-6-8-23-12-16/h6,8,10,12-13,15H,4-5,7,9,11H2,1-3H3. The van der Waals surface area contributed by atoms with Gasteiger partial charge in [0, 0.05) is 37.4 Å². The minimum absolute atomic E-state index is 0.0758. The Morgan fingerprint density at radius 3 is 3.00 bits per heavy atom. The van der Waals surface area contributed by atoms with Gasteiger partial charge in [-0.05, 0) is 45.6 Å². The molecule has 2 aromatic heterocycles. The molecule has 3 heterocycles.